The summed E-state index contributed by atoms with van der Waals surface area (Å²) in [5.74, 6) is -1.59. The van der Waals surface area contributed by atoms with Crippen LogP contribution in [0.4, 0.5) is 22.0 Å². The second-order valence-corrected chi connectivity index (χ2v) is 7.50. The summed E-state index contributed by atoms with van der Waals surface area (Å²) in [4.78, 5) is 0. The van der Waals surface area contributed by atoms with Crippen molar-refractivity contribution >= 4 is 0 Å². The first-order valence-electron chi connectivity index (χ1n) is 9.53. The fourth-order valence-corrected chi connectivity index (χ4v) is 3.74. The van der Waals surface area contributed by atoms with Gasteiger partial charge in [-0.3, -0.25) is 0 Å². The van der Waals surface area contributed by atoms with E-state index in [4.69, 9.17) is 5.73 Å². The molecular weight excluding hydrogens is 413 g/mol. The van der Waals surface area contributed by atoms with Crippen LogP contribution in [-0.4, -0.2) is 6.36 Å². The highest BCUT2D eigenvalue weighted by atomic mass is 19.4. The molecule has 31 heavy (non-hydrogen) atoms. The van der Waals surface area contributed by atoms with E-state index in [0.29, 0.717) is 39.9 Å². The fourth-order valence-electron chi connectivity index (χ4n) is 3.74. The minimum Gasteiger partial charge on any atom is -0.405 e. The molecule has 1 aliphatic carbocycles. The molecule has 0 radical (unpaired) electrons. The van der Waals surface area contributed by atoms with Crippen molar-refractivity contribution in [1.29, 1.82) is 0 Å². The largest absolute Gasteiger partial charge is 0.573 e. The van der Waals surface area contributed by atoms with E-state index < -0.39 is 18.0 Å². The Morgan fingerprint density at radius 2 is 1.55 bits per heavy atom. The van der Waals surface area contributed by atoms with Crippen molar-refractivity contribution in [3.8, 4) is 28.0 Å². The van der Waals surface area contributed by atoms with Gasteiger partial charge in [0.25, 0.3) is 0 Å². The summed E-state index contributed by atoms with van der Waals surface area (Å²) in [6, 6.07) is 11.5. The molecule has 0 atom stereocenters. The maximum atomic E-state index is 14.9. The zero-order chi connectivity index (χ0) is 22.3. The SMILES string of the molecule is Cc1ccc(-c2ccc(-c3cc4c(c(OC(F)(F)F)c3)CC(N)=CC4)cc2F)c(F)c1. The quantitative estimate of drug-likeness (QED) is 0.484. The molecule has 0 aromatic heterocycles. The number of alkyl halides is 3. The molecule has 0 heterocycles. The predicted molar refractivity (Wildman–Crippen MR) is 108 cm³/mol. The van der Waals surface area contributed by atoms with Gasteiger partial charge in [-0.05, 0) is 53.8 Å². The van der Waals surface area contributed by atoms with E-state index in [0.717, 1.165) is 0 Å². The summed E-state index contributed by atoms with van der Waals surface area (Å²) in [6.07, 6.45) is -2.66. The van der Waals surface area contributed by atoms with E-state index in [1.165, 1.54) is 30.3 Å². The highest BCUT2D eigenvalue weighted by Crippen LogP contribution is 2.38. The average molecular weight is 431 g/mol. The van der Waals surface area contributed by atoms with Crippen molar-refractivity contribution in [2.24, 2.45) is 5.73 Å². The molecule has 7 heteroatoms. The number of ether oxygens (including phenoxy) is 1. The Bertz CT molecular complexity index is 1200. The van der Waals surface area contributed by atoms with Crippen LogP contribution >= 0.6 is 0 Å². The number of benzene rings is 3. The van der Waals surface area contributed by atoms with E-state index in [-0.39, 0.29) is 23.3 Å². The van der Waals surface area contributed by atoms with Crippen LogP contribution < -0.4 is 10.5 Å². The minimum absolute atomic E-state index is 0.0710. The summed E-state index contributed by atoms with van der Waals surface area (Å²) in [6.45, 7) is 1.73. The van der Waals surface area contributed by atoms with Crippen molar-refractivity contribution in [1.82, 2.24) is 0 Å². The van der Waals surface area contributed by atoms with E-state index in [1.54, 1.807) is 31.2 Å². The maximum Gasteiger partial charge on any atom is 0.573 e. The molecule has 0 amide bonds. The van der Waals surface area contributed by atoms with Crippen molar-refractivity contribution in [2.75, 3.05) is 0 Å². The van der Waals surface area contributed by atoms with Crippen LogP contribution in [0.5, 0.6) is 5.75 Å². The third-order valence-electron chi connectivity index (χ3n) is 5.21. The molecule has 0 bridgehead atoms. The van der Waals surface area contributed by atoms with Crippen LogP contribution in [-0.2, 0) is 12.8 Å². The molecule has 0 unspecified atom stereocenters. The minimum atomic E-state index is -4.87. The Hall–Kier alpha value is -3.35. The van der Waals surface area contributed by atoms with Gasteiger partial charge in [-0.25, -0.2) is 8.78 Å². The number of halogens is 5. The molecule has 2 nitrogen and oxygen atoms in total. The highest BCUT2D eigenvalue weighted by molar-refractivity contribution is 5.73. The van der Waals surface area contributed by atoms with Crippen molar-refractivity contribution in [3.05, 3.63) is 88.6 Å². The summed E-state index contributed by atoms with van der Waals surface area (Å²) in [5, 5.41) is 0. The monoisotopic (exact) mass is 431 g/mol. The van der Waals surface area contributed by atoms with Gasteiger partial charge in [-0.15, -0.1) is 13.2 Å². The molecule has 0 aliphatic heterocycles. The number of hydrogen-bond acceptors (Lipinski definition) is 2. The Morgan fingerprint density at radius 1 is 0.871 bits per heavy atom. The molecule has 3 aromatic rings. The fraction of sp³-hybridized carbons (Fsp3) is 0.167. The third-order valence-corrected chi connectivity index (χ3v) is 5.21. The van der Waals surface area contributed by atoms with Crippen molar-refractivity contribution in [2.45, 2.75) is 26.1 Å². The molecular formula is C24H18F5NO. The van der Waals surface area contributed by atoms with Gasteiger partial charge in [0.05, 0.1) is 0 Å². The first kappa shape index (κ1) is 20.9. The van der Waals surface area contributed by atoms with Gasteiger partial charge in [0.2, 0.25) is 0 Å². The van der Waals surface area contributed by atoms with Crippen LogP contribution in [0.25, 0.3) is 22.3 Å². The lowest BCUT2D eigenvalue weighted by Gasteiger charge is -2.21. The standard InChI is InChI=1S/C24H18F5NO/c1-13-2-6-18(21(25)8-13)19-7-4-14(10-22(19)26)16-9-15-3-5-17(30)12-20(15)23(11-16)31-24(27,28)29/h2,4-11H,3,12,30H2,1H3. The zero-order valence-corrected chi connectivity index (χ0v) is 16.5. The third kappa shape index (κ3) is 4.40. The number of nitrogens with two attached hydrogens (primary N) is 1. The molecule has 0 saturated heterocycles. The number of allylic oxidation sites excluding steroid dienone is 2. The molecule has 0 fully saturated rings. The molecule has 4 rings (SSSR count). The van der Waals surface area contributed by atoms with Crippen molar-refractivity contribution < 1.29 is 26.7 Å². The van der Waals surface area contributed by atoms with E-state index >= 15 is 0 Å². The molecule has 0 saturated carbocycles. The number of fused-ring (bicyclic) bond motifs is 1. The van der Waals surface area contributed by atoms with Gasteiger partial charge in [0, 0.05) is 28.8 Å². The van der Waals surface area contributed by atoms with Crippen LogP contribution in [0.3, 0.4) is 0 Å². The van der Waals surface area contributed by atoms with E-state index in [1.807, 2.05) is 0 Å². The second-order valence-electron chi connectivity index (χ2n) is 7.50. The lowest BCUT2D eigenvalue weighted by atomic mass is 9.90. The summed E-state index contributed by atoms with van der Waals surface area (Å²) in [5.41, 5.74) is 8.84. The Kier molecular flexibility index (Phi) is 5.21. The van der Waals surface area contributed by atoms with Gasteiger partial charge in [0.15, 0.2) is 0 Å². The molecule has 1 aliphatic rings. The first-order valence-corrected chi connectivity index (χ1v) is 9.53. The van der Waals surface area contributed by atoms with Crippen molar-refractivity contribution in [3.63, 3.8) is 0 Å². The Balaban J connectivity index is 1.78. The Morgan fingerprint density at radius 3 is 2.19 bits per heavy atom. The highest BCUT2D eigenvalue weighted by Gasteiger charge is 2.33. The summed E-state index contributed by atoms with van der Waals surface area (Å²) in [7, 11) is 0. The zero-order valence-electron chi connectivity index (χ0n) is 16.5. The lowest BCUT2D eigenvalue weighted by molar-refractivity contribution is -0.274. The molecule has 160 valence electrons. The topological polar surface area (TPSA) is 35.2 Å². The lowest BCUT2D eigenvalue weighted by Crippen LogP contribution is -2.20. The smallest absolute Gasteiger partial charge is 0.405 e. The van der Waals surface area contributed by atoms with E-state index in [9.17, 15) is 22.0 Å². The Labute approximate surface area is 175 Å². The van der Waals surface area contributed by atoms with Gasteiger partial charge >= 0.3 is 6.36 Å². The first-order chi connectivity index (χ1) is 14.6. The second kappa shape index (κ2) is 7.72. The van der Waals surface area contributed by atoms with Gasteiger partial charge in [0.1, 0.15) is 17.4 Å². The van der Waals surface area contributed by atoms with E-state index in [2.05, 4.69) is 4.74 Å². The molecule has 3 aromatic carbocycles. The number of aryl methyl sites for hydroxylation is 1. The van der Waals surface area contributed by atoms with Crippen LogP contribution in [0.15, 0.2) is 60.3 Å². The normalized spacial score (nSPS) is 13.5. The molecule has 2 N–H and O–H groups in total. The number of hydrogen-bond donors (Lipinski definition) is 1. The van der Waals surface area contributed by atoms with Crippen LogP contribution in [0, 0.1) is 18.6 Å². The van der Waals surface area contributed by atoms with Gasteiger partial charge < -0.3 is 10.5 Å². The van der Waals surface area contributed by atoms with Gasteiger partial charge in [-0.1, -0.05) is 36.4 Å². The van der Waals surface area contributed by atoms with Crippen LogP contribution in [0.1, 0.15) is 16.7 Å². The summed E-state index contributed by atoms with van der Waals surface area (Å²) < 4.78 is 72.2. The summed E-state index contributed by atoms with van der Waals surface area (Å²) >= 11 is 0. The van der Waals surface area contributed by atoms with Gasteiger partial charge in [-0.2, -0.15) is 0 Å². The average Bonchev–Trinajstić information content (AvgIpc) is 2.67. The number of rotatable bonds is 3. The molecule has 0 spiro atoms. The van der Waals surface area contributed by atoms with Crippen LogP contribution in [0.2, 0.25) is 0 Å². The predicted octanol–water partition coefficient (Wildman–Crippen LogP) is 6.45. The maximum absolute atomic E-state index is 14.9.